The van der Waals surface area contributed by atoms with Crippen molar-refractivity contribution in [2.45, 2.75) is 31.7 Å². The summed E-state index contributed by atoms with van der Waals surface area (Å²) in [5.74, 6) is 4.36. The van der Waals surface area contributed by atoms with Crippen LogP contribution in [0.4, 0.5) is 0 Å². The number of nitrogens with one attached hydrogen (secondary N) is 1. The number of terminal acetylenes is 1. The molecule has 0 bridgehead atoms. The Hall–Kier alpha value is -0.910. The predicted molar refractivity (Wildman–Crippen MR) is 77.2 cm³/mol. The lowest BCUT2D eigenvalue weighted by Crippen LogP contribution is -2.18. The monoisotopic (exact) mass is 247 g/mol. The molecule has 0 fully saturated rings. The van der Waals surface area contributed by atoms with Crippen LogP contribution in [0.5, 0.6) is 0 Å². The fourth-order valence-corrected chi connectivity index (χ4v) is 2.34. The van der Waals surface area contributed by atoms with Crippen LogP contribution in [0.2, 0.25) is 0 Å². The summed E-state index contributed by atoms with van der Waals surface area (Å²) in [5.41, 5.74) is 1.34. The first kappa shape index (κ1) is 14.2. The van der Waals surface area contributed by atoms with E-state index < -0.39 is 0 Å². The predicted octanol–water partition coefficient (Wildman–Crippen LogP) is 3.55. The molecule has 2 heteroatoms. The van der Waals surface area contributed by atoms with E-state index in [4.69, 9.17) is 6.42 Å². The molecule has 0 radical (unpaired) electrons. The molecule has 1 aromatic rings. The maximum Gasteiger partial charge on any atom is 0.0206 e. The van der Waals surface area contributed by atoms with E-state index in [9.17, 15) is 0 Å². The van der Waals surface area contributed by atoms with Crippen LogP contribution in [0.15, 0.2) is 29.2 Å². The summed E-state index contributed by atoms with van der Waals surface area (Å²) in [6, 6.07) is 8.67. The summed E-state index contributed by atoms with van der Waals surface area (Å²) in [6.07, 6.45) is 6.08. The topological polar surface area (TPSA) is 12.0 Å². The SMILES string of the molecule is C#CCCSc1cccc(CNCC(C)C)c1. The molecular formula is C15H21NS. The van der Waals surface area contributed by atoms with Crippen LogP contribution in [0, 0.1) is 18.3 Å². The molecule has 0 amide bonds. The van der Waals surface area contributed by atoms with Gasteiger partial charge in [-0.2, -0.15) is 0 Å². The lowest BCUT2D eigenvalue weighted by molar-refractivity contribution is 0.552. The lowest BCUT2D eigenvalue weighted by atomic mass is 10.2. The highest BCUT2D eigenvalue weighted by Gasteiger charge is 1.98. The van der Waals surface area contributed by atoms with Gasteiger partial charge >= 0.3 is 0 Å². The van der Waals surface area contributed by atoms with Crippen LogP contribution in [-0.2, 0) is 6.54 Å². The van der Waals surface area contributed by atoms with Crippen LogP contribution in [-0.4, -0.2) is 12.3 Å². The van der Waals surface area contributed by atoms with Crippen LogP contribution < -0.4 is 5.32 Å². The second-order valence-corrected chi connectivity index (χ2v) is 5.64. The summed E-state index contributed by atoms with van der Waals surface area (Å²) in [7, 11) is 0. The Kier molecular flexibility index (Phi) is 6.84. The van der Waals surface area contributed by atoms with Gasteiger partial charge < -0.3 is 5.32 Å². The molecule has 17 heavy (non-hydrogen) atoms. The zero-order chi connectivity index (χ0) is 12.5. The van der Waals surface area contributed by atoms with Crippen molar-refractivity contribution in [3.05, 3.63) is 29.8 Å². The van der Waals surface area contributed by atoms with Crippen molar-refractivity contribution in [3.63, 3.8) is 0 Å². The number of benzene rings is 1. The normalized spacial score (nSPS) is 10.5. The van der Waals surface area contributed by atoms with Crippen molar-refractivity contribution < 1.29 is 0 Å². The van der Waals surface area contributed by atoms with Crippen molar-refractivity contribution >= 4 is 11.8 Å². The molecule has 0 heterocycles. The molecule has 0 atom stereocenters. The van der Waals surface area contributed by atoms with Gasteiger partial charge in [0.2, 0.25) is 0 Å². The largest absolute Gasteiger partial charge is 0.312 e. The van der Waals surface area contributed by atoms with Gasteiger partial charge in [-0.05, 0) is 30.2 Å². The molecular weight excluding hydrogens is 226 g/mol. The van der Waals surface area contributed by atoms with Gasteiger partial charge in [-0.25, -0.2) is 0 Å². The number of thioether (sulfide) groups is 1. The van der Waals surface area contributed by atoms with Gasteiger partial charge in [0.05, 0.1) is 0 Å². The number of rotatable bonds is 7. The quantitative estimate of drug-likeness (QED) is 0.449. The van der Waals surface area contributed by atoms with E-state index in [0.717, 1.165) is 25.3 Å². The maximum atomic E-state index is 5.24. The first-order valence-electron chi connectivity index (χ1n) is 6.08. The second-order valence-electron chi connectivity index (χ2n) is 4.47. The smallest absolute Gasteiger partial charge is 0.0206 e. The van der Waals surface area contributed by atoms with Crippen molar-refractivity contribution in [1.29, 1.82) is 0 Å². The van der Waals surface area contributed by atoms with E-state index in [2.05, 4.69) is 49.4 Å². The van der Waals surface area contributed by atoms with Crippen molar-refractivity contribution in [1.82, 2.24) is 5.32 Å². The molecule has 0 unspecified atom stereocenters. The van der Waals surface area contributed by atoms with E-state index in [1.54, 1.807) is 0 Å². The van der Waals surface area contributed by atoms with Crippen LogP contribution in [0.25, 0.3) is 0 Å². The van der Waals surface area contributed by atoms with E-state index in [-0.39, 0.29) is 0 Å². The summed E-state index contributed by atoms with van der Waals surface area (Å²) in [5, 5.41) is 3.45. The zero-order valence-corrected chi connectivity index (χ0v) is 11.5. The van der Waals surface area contributed by atoms with E-state index >= 15 is 0 Å². The Morgan fingerprint density at radius 1 is 1.41 bits per heavy atom. The average molecular weight is 247 g/mol. The highest BCUT2D eigenvalue weighted by molar-refractivity contribution is 7.99. The Balaban J connectivity index is 2.40. The molecule has 1 aromatic carbocycles. The highest BCUT2D eigenvalue weighted by Crippen LogP contribution is 2.19. The first-order valence-corrected chi connectivity index (χ1v) is 7.07. The molecule has 0 aliphatic carbocycles. The van der Waals surface area contributed by atoms with E-state index in [1.165, 1.54) is 10.5 Å². The second kappa shape index (κ2) is 8.22. The fraction of sp³-hybridized carbons (Fsp3) is 0.467. The van der Waals surface area contributed by atoms with Gasteiger partial charge in [-0.3, -0.25) is 0 Å². The van der Waals surface area contributed by atoms with Gasteiger partial charge in [0, 0.05) is 23.6 Å². The van der Waals surface area contributed by atoms with E-state index in [0.29, 0.717) is 5.92 Å². The molecule has 0 aliphatic rings. The maximum absolute atomic E-state index is 5.24. The van der Waals surface area contributed by atoms with E-state index in [1.807, 2.05) is 11.8 Å². The Morgan fingerprint density at radius 2 is 2.24 bits per heavy atom. The Morgan fingerprint density at radius 3 is 2.94 bits per heavy atom. The molecule has 0 saturated carbocycles. The third-order valence-electron chi connectivity index (χ3n) is 2.30. The van der Waals surface area contributed by atoms with Gasteiger partial charge in [-0.1, -0.05) is 26.0 Å². The van der Waals surface area contributed by atoms with Crippen LogP contribution in [0.3, 0.4) is 0 Å². The summed E-state index contributed by atoms with van der Waals surface area (Å²) in [4.78, 5) is 1.31. The van der Waals surface area contributed by atoms with Gasteiger partial charge in [0.1, 0.15) is 0 Å². The minimum atomic E-state index is 0.697. The molecule has 0 aliphatic heterocycles. The van der Waals surface area contributed by atoms with Crippen molar-refractivity contribution in [3.8, 4) is 12.3 Å². The molecule has 92 valence electrons. The summed E-state index contributed by atoms with van der Waals surface area (Å²) >= 11 is 1.83. The highest BCUT2D eigenvalue weighted by atomic mass is 32.2. The van der Waals surface area contributed by atoms with Gasteiger partial charge in [0.25, 0.3) is 0 Å². The zero-order valence-electron chi connectivity index (χ0n) is 10.7. The third-order valence-corrected chi connectivity index (χ3v) is 3.29. The molecule has 1 N–H and O–H groups in total. The Labute approximate surface area is 109 Å². The number of hydrogen-bond acceptors (Lipinski definition) is 2. The van der Waals surface area contributed by atoms with Gasteiger partial charge in [-0.15, -0.1) is 24.1 Å². The van der Waals surface area contributed by atoms with Crippen molar-refractivity contribution in [2.75, 3.05) is 12.3 Å². The fourth-order valence-electron chi connectivity index (χ4n) is 1.48. The van der Waals surface area contributed by atoms with Gasteiger partial charge in [0.15, 0.2) is 0 Å². The standard InChI is InChI=1S/C15H21NS/c1-4-5-9-17-15-8-6-7-14(10-15)12-16-11-13(2)3/h1,6-8,10,13,16H,5,9,11-12H2,2-3H3. The lowest BCUT2D eigenvalue weighted by Gasteiger charge is -2.08. The average Bonchev–Trinajstić information content (AvgIpc) is 2.29. The molecule has 0 saturated heterocycles. The molecule has 0 aromatic heterocycles. The molecule has 1 rings (SSSR count). The van der Waals surface area contributed by atoms with Crippen LogP contribution >= 0.6 is 11.8 Å². The third kappa shape index (κ3) is 6.41. The molecule has 1 nitrogen and oxygen atoms in total. The van der Waals surface area contributed by atoms with Crippen molar-refractivity contribution in [2.24, 2.45) is 5.92 Å². The number of hydrogen-bond donors (Lipinski definition) is 1. The minimum absolute atomic E-state index is 0.697. The summed E-state index contributed by atoms with van der Waals surface area (Å²) < 4.78 is 0. The molecule has 0 spiro atoms. The summed E-state index contributed by atoms with van der Waals surface area (Å²) in [6.45, 7) is 6.45. The Bertz CT molecular complexity index is 365. The first-order chi connectivity index (χ1) is 8.22. The van der Waals surface area contributed by atoms with Crippen LogP contribution in [0.1, 0.15) is 25.8 Å². The minimum Gasteiger partial charge on any atom is -0.312 e.